The van der Waals surface area contributed by atoms with Gasteiger partial charge in [0.15, 0.2) is 0 Å². The number of rotatable bonds is 6. The van der Waals surface area contributed by atoms with Gasteiger partial charge in [-0.15, -0.1) is 0 Å². The third kappa shape index (κ3) is 4.49. The molecule has 1 aromatic rings. The molecule has 0 aliphatic rings. The third-order valence-electron chi connectivity index (χ3n) is 3.37. The summed E-state index contributed by atoms with van der Waals surface area (Å²) in [4.78, 5) is 0.284. The van der Waals surface area contributed by atoms with Crippen LogP contribution in [-0.2, 0) is 10.0 Å². The summed E-state index contributed by atoms with van der Waals surface area (Å²) in [5.41, 5.74) is 7.83. The fourth-order valence-electron chi connectivity index (χ4n) is 2.10. The smallest absolute Gasteiger partial charge is 0.241 e. The topological polar surface area (TPSA) is 72.2 Å². The summed E-state index contributed by atoms with van der Waals surface area (Å²) in [5, 5.41) is 0. The molecule has 1 rings (SSSR count). The molecule has 0 radical (unpaired) electrons. The number of hydrogen-bond donors (Lipinski definition) is 2. The number of sulfonamides is 1. The largest absolute Gasteiger partial charge is 0.398 e. The minimum absolute atomic E-state index is 0.0801. The second kappa shape index (κ2) is 6.59. The highest BCUT2D eigenvalue weighted by Gasteiger charge is 2.21. The van der Waals surface area contributed by atoms with Gasteiger partial charge in [0.25, 0.3) is 0 Å². The van der Waals surface area contributed by atoms with E-state index in [1.807, 2.05) is 13.8 Å². The van der Waals surface area contributed by atoms with Crippen LogP contribution < -0.4 is 10.5 Å². The Kier molecular flexibility index (Phi) is 5.59. The zero-order valence-electron chi connectivity index (χ0n) is 13.0. The van der Waals surface area contributed by atoms with Crippen molar-refractivity contribution in [2.75, 3.05) is 5.73 Å². The Morgan fingerprint density at radius 1 is 1.15 bits per heavy atom. The summed E-state index contributed by atoms with van der Waals surface area (Å²) in [6, 6.07) is 3.38. The van der Waals surface area contributed by atoms with Crippen molar-refractivity contribution in [3.63, 3.8) is 0 Å². The zero-order valence-corrected chi connectivity index (χ0v) is 13.8. The normalized spacial score (nSPS) is 13.7. The Morgan fingerprint density at radius 3 is 2.30 bits per heavy atom. The van der Waals surface area contributed by atoms with Crippen molar-refractivity contribution in [2.24, 2.45) is 5.92 Å². The van der Waals surface area contributed by atoms with Gasteiger partial charge in [-0.05, 0) is 62.8 Å². The summed E-state index contributed by atoms with van der Waals surface area (Å²) in [6.45, 7) is 9.74. The summed E-state index contributed by atoms with van der Waals surface area (Å²) >= 11 is 0. The van der Waals surface area contributed by atoms with Gasteiger partial charge < -0.3 is 5.73 Å². The van der Waals surface area contributed by atoms with E-state index in [2.05, 4.69) is 18.6 Å². The van der Waals surface area contributed by atoms with Crippen molar-refractivity contribution in [3.8, 4) is 0 Å². The van der Waals surface area contributed by atoms with Gasteiger partial charge >= 0.3 is 0 Å². The monoisotopic (exact) mass is 298 g/mol. The van der Waals surface area contributed by atoms with E-state index in [4.69, 9.17) is 5.73 Å². The predicted octanol–water partition coefficient (Wildman–Crippen LogP) is 2.99. The van der Waals surface area contributed by atoms with Crippen LogP contribution in [0.15, 0.2) is 17.0 Å². The SMILES string of the molecule is Cc1cc(N)c(C)c(S(=O)(=O)NC(C)CCC(C)C)c1. The molecule has 0 spiro atoms. The third-order valence-corrected chi connectivity index (χ3v) is 5.08. The van der Waals surface area contributed by atoms with Crippen LogP contribution in [0, 0.1) is 19.8 Å². The molecule has 0 aliphatic carbocycles. The highest BCUT2D eigenvalue weighted by Crippen LogP contribution is 2.23. The first-order valence-electron chi connectivity index (χ1n) is 7.02. The first-order valence-corrected chi connectivity index (χ1v) is 8.51. The summed E-state index contributed by atoms with van der Waals surface area (Å²) in [5.74, 6) is 0.568. The maximum atomic E-state index is 12.4. The van der Waals surface area contributed by atoms with Gasteiger partial charge in [-0.2, -0.15) is 0 Å². The molecule has 0 fully saturated rings. The molecule has 0 amide bonds. The first kappa shape index (κ1) is 17.0. The quantitative estimate of drug-likeness (QED) is 0.793. The lowest BCUT2D eigenvalue weighted by molar-refractivity contribution is 0.485. The fourth-order valence-corrected chi connectivity index (χ4v) is 3.74. The molecule has 4 nitrogen and oxygen atoms in total. The lowest BCUT2D eigenvalue weighted by atomic mass is 10.1. The van der Waals surface area contributed by atoms with Crippen molar-refractivity contribution in [1.82, 2.24) is 4.72 Å². The Bertz CT molecular complexity index is 565. The molecule has 0 saturated carbocycles. The van der Waals surface area contributed by atoms with E-state index in [0.29, 0.717) is 17.2 Å². The number of nitrogens with one attached hydrogen (secondary N) is 1. The zero-order chi connectivity index (χ0) is 15.5. The van der Waals surface area contributed by atoms with E-state index in [1.165, 1.54) is 0 Å². The van der Waals surface area contributed by atoms with E-state index >= 15 is 0 Å². The predicted molar refractivity (Wildman–Crippen MR) is 84.2 cm³/mol. The lowest BCUT2D eigenvalue weighted by Crippen LogP contribution is -2.33. The fraction of sp³-hybridized carbons (Fsp3) is 0.600. The molecule has 0 saturated heterocycles. The molecular weight excluding hydrogens is 272 g/mol. The van der Waals surface area contributed by atoms with Crippen LogP contribution in [0.5, 0.6) is 0 Å². The van der Waals surface area contributed by atoms with Gasteiger partial charge in [0.1, 0.15) is 0 Å². The van der Waals surface area contributed by atoms with Gasteiger partial charge in [0.05, 0.1) is 4.90 Å². The molecule has 20 heavy (non-hydrogen) atoms. The summed E-state index contributed by atoms with van der Waals surface area (Å²) in [6.07, 6.45) is 1.83. The Morgan fingerprint density at radius 2 is 1.75 bits per heavy atom. The van der Waals surface area contributed by atoms with Crippen molar-refractivity contribution in [1.29, 1.82) is 0 Å². The maximum absolute atomic E-state index is 12.4. The molecule has 0 aliphatic heterocycles. The highest BCUT2D eigenvalue weighted by molar-refractivity contribution is 7.89. The summed E-state index contributed by atoms with van der Waals surface area (Å²) in [7, 11) is -3.51. The highest BCUT2D eigenvalue weighted by atomic mass is 32.2. The molecule has 1 unspecified atom stereocenters. The van der Waals surface area contributed by atoms with Crippen molar-refractivity contribution in [3.05, 3.63) is 23.3 Å². The minimum Gasteiger partial charge on any atom is -0.398 e. The van der Waals surface area contributed by atoms with Gasteiger partial charge in [0.2, 0.25) is 10.0 Å². The van der Waals surface area contributed by atoms with E-state index in [-0.39, 0.29) is 10.9 Å². The summed E-state index contributed by atoms with van der Waals surface area (Å²) < 4.78 is 27.6. The standard InChI is InChI=1S/C15H26N2O2S/c1-10(2)6-7-12(4)17-20(18,19)15-9-11(3)8-14(16)13(15)5/h8-10,12,17H,6-7,16H2,1-5H3. The van der Waals surface area contributed by atoms with E-state index in [0.717, 1.165) is 18.4 Å². The molecule has 1 aromatic carbocycles. The number of hydrogen-bond acceptors (Lipinski definition) is 3. The van der Waals surface area contributed by atoms with Gasteiger partial charge in [-0.3, -0.25) is 0 Å². The molecule has 1 atom stereocenters. The minimum atomic E-state index is -3.51. The lowest BCUT2D eigenvalue weighted by Gasteiger charge is -2.17. The van der Waals surface area contributed by atoms with E-state index < -0.39 is 10.0 Å². The van der Waals surface area contributed by atoms with Crippen molar-refractivity contribution < 1.29 is 8.42 Å². The van der Waals surface area contributed by atoms with Crippen LogP contribution >= 0.6 is 0 Å². The van der Waals surface area contributed by atoms with Gasteiger partial charge in [-0.25, -0.2) is 13.1 Å². The molecule has 0 heterocycles. The van der Waals surface area contributed by atoms with E-state index in [9.17, 15) is 8.42 Å². The van der Waals surface area contributed by atoms with Crippen LogP contribution in [0.25, 0.3) is 0 Å². The van der Waals surface area contributed by atoms with E-state index in [1.54, 1.807) is 19.1 Å². The molecule has 3 N–H and O–H groups in total. The number of aryl methyl sites for hydroxylation is 1. The number of nitrogens with two attached hydrogens (primary N) is 1. The van der Waals surface area contributed by atoms with Crippen LogP contribution in [0.4, 0.5) is 5.69 Å². The molecule has 0 bridgehead atoms. The van der Waals surface area contributed by atoms with Crippen LogP contribution in [0.2, 0.25) is 0 Å². The molecular formula is C15H26N2O2S. The number of anilines is 1. The molecule has 5 heteroatoms. The van der Waals surface area contributed by atoms with Gasteiger partial charge in [-0.1, -0.05) is 13.8 Å². The Labute approximate surface area is 122 Å². The van der Waals surface area contributed by atoms with Crippen molar-refractivity contribution in [2.45, 2.75) is 58.4 Å². The maximum Gasteiger partial charge on any atom is 0.241 e. The molecule has 114 valence electrons. The van der Waals surface area contributed by atoms with Crippen LogP contribution in [0.3, 0.4) is 0 Å². The Balaban J connectivity index is 2.94. The second-order valence-corrected chi connectivity index (χ2v) is 7.65. The van der Waals surface area contributed by atoms with Gasteiger partial charge in [0, 0.05) is 11.7 Å². The Hall–Kier alpha value is -1.07. The average molecular weight is 298 g/mol. The first-order chi connectivity index (χ1) is 9.13. The van der Waals surface area contributed by atoms with Crippen molar-refractivity contribution >= 4 is 15.7 Å². The number of benzene rings is 1. The second-order valence-electron chi connectivity index (χ2n) is 5.97. The molecule has 0 aromatic heterocycles. The van der Waals surface area contributed by atoms with Crippen LogP contribution in [-0.4, -0.2) is 14.5 Å². The van der Waals surface area contributed by atoms with Crippen LogP contribution in [0.1, 0.15) is 44.7 Å². The average Bonchev–Trinajstić information content (AvgIpc) is 2.30. The number of nitrogen functional groups attached to an aromatic ring is 1.